The molecular formula is C14H18N4O. The molecule has 0 atom stereocenters. The van der Waals surface area contributed by atoms with Gasteiger partial charge in [0.25, 0.3) is 0 Å². The van der Waals surface area contributed by atoms with Gasteiger partial charge in [0.15, 0.2) is 0 Å². The summed E-state index contributed by atoms with van der Waals surface area (Å²) < 4.78 is 5.18. The van der Waals surface area contributed by atoms with Gasteiger partial charge in [-0.15, -0.1) is 0 Å². The topological polar surface area (TPSA) is 73.1 Å². The van der Waals surface area contributed by atoms with Gasteiger partial charge in [-0.1, -0.05) is 12.1 Å². The molecular weight excluding hydrogens is 240 g/mol. The molecule has 100 valence electrons. The summed E-state index contributed by atoms with van der Waals surface area (Å²) in [5.74, 6) is 1.89. The van der Waals surface area contributed by atoms with Gasteiger partial charge in [0.05, 0.1) is 7.11 Å². The second-order valence-corrected chi connectivity index (χ2v) is 4.35. The second-order valence-electron chi connectivity index (χ2n) is 4.35. The molecule has 1 aromatic carbocycles. The molecule has 0 amide bonds. The third-order valence-electron chi connectivity index (χ3n) is 3.01. The van der Waals surface area contributed by atoms with E-state index in [1.807, 2.05) is 38.1 Å². The van der Waals surface area contributed by atoms with Crippen LogP contribution in [0.3, 0.4) is 0 Å². The van der Waals surface area contributed by atoms with Gasteiger partial charge >= 0.3 is 0 Å². The van der Waals surface area contributed by atoms with Gasteiger partial charge in [0.2, 0.25) is 5.95 Å². The summed E-state index contributed by atoms with van der Waals surface area (Å²) in [5.41, 5.74) is 8.73. The minimum atomic E-state index is 0.514. The smallest absolute Gasteiger partial charge is 0.225 e. The van der Waals surface area contributed by atoms with Gasteiger partial charge in [-0.2, -0.15) is 4.98 Å². The maximum atomic E-state index is 5.82. The molecule has 0 bridgehead atoms. The van der Waals surface area contributed by atoms with Crippen molar-refractivity contribution >= 4 is 11.8 Å². The lowest BCUT2D eigenvalue weighted by Crippen LogP contribution is -2.08. The van der Waals surface area contributed by atoms with E-state index in [0.29, 0.717) is 18.3 Å². The van der Waals surface area contributed by atoms with Gasteiger partial charge in [-0.05, 0) is 31.5 Å². The van der Waals surface area contributed by atoms with Crippen LogP contribution in [-0.4, -0.2) is 17.1 Å². The summed E-state index contributed by atoms with van der Waals surface area (Å²) in [5, 5.41) is 3.16. The van der Waals surface area contributed by atoms with Crippen molar-refractivity contribution in [3.63, 3.8) is 0 Å². The molecule has 19 heavy (non-hydrogen) atoms. The van der Waals surface area contributed by atoms with Crippen LogP contribution in [0.5, 0.6) is 5.75 Å². The fourth-order valence-corrected chi connectivity index (χ4v) is 1.69. The first-order chi connectivity index (χ1) is 9.10. The zero-order valence-corrected chi connectivity index (χ0v) is 11.4. The zero-order chi connectivity index (χ0) is 13.8. The number of aryl methyl sites for hydroxylation is 1. The van der Waals surface area contributed by atoms with Crippen LogP contribution in [0, 0.1) is 13.8 Å². The van der Waals surface area contributed by atoms with Crippen molar-refractivity contribution in [2.24, 2.45) is 0 Å². The Labute approximate surface area is 112 Å². The molecule has 3 N–H and O–H groups in total. The highest BCUT2D eigenvalue weighted by atomic mass is 16.5. The van der Waals surface area contributed by atoms with Crippen molar-refractivity contribution in [3.05, 3.63) is 41.1 Å². The van der Waals surface area contributed by atoms with E-state index >= 15 is 0 Å². The normalized spacial score (nSPS) is 10.3. The lowest BCUT2D eigenvalue weighted by Gasteiger charge is -2.09. The van der Waals surface area contributed by atoms with Crippen LogP contribution in [0.15, 0.2) is 24.3 Å². The summed E-state index contributed by atoms with van der Waals surface area (Å²) in [6, 6.07) is 7.84. The Hall–Kier alpha value is -2.30. The maximum Gasteiger partial charge on any atom is 0.225 e. The van der Waals surface area contributed by atoms with Gasteiger partial charge < -0.3 is 15.8 Å². The largest absolute Gasteiger partial charge is 0.497 e. The van der Waals surface area contributed by atoms with Crippen molar-refractivity contribution in [1.29, 1.82) is 0 Å². The van der Waals surface area contributed by atoms with E-state index in [1.54, 1.807) is 7.11 Å². The summed E-state index contributed by atoms with van der Waals surface area (Å²) in [6.45, 7) is 4.46. The number of aromatic nitrogens is 2. The Balaban J connectivity index is 2.10. The number of nitrogens with one attached hydrogen (secondary N) is 1. The van der Waals surface area contributed by atoms with Gasteiger partial charge in [-0.3, -0.25) is 0 Å². The van der Waals surface area contributed by atoms with Crippen molar-refractivity contribution in [2.75, 3.05) is 18.2 Å². The van der Waals surface area contributed by atoms with Crippen LogP contribution in [0.4, 0.5) is 11.8 Å². The molecule has 2 rings (SSSR count). The van der Waals surface area contributed by atoms with Gasteiger partial charge in [0.1, 0.15) is 11.6 Å². The number of anilines is 2. The Morgan fingerprint density at radius 1 is 1.26 bits per heavy atom. The molecule has 2 aromatic rings. The molecule has 1 heterocycles. The number of nitrogen functional groups attached to an aromatic ring is 1. The molecule has 0 aliphatic rings. The number of hydrogen-bond donors (Lipinski definition) is 2. The first kappa shape index (κ1) is 13.1. The quantitative estimate of drug-likeness (QED) is 0.880. The predicted molar refractivity (Wildman–Crippen MR) is 76.2 cm³/mol. The highest BCUT2D eigenvalue weighted by molar-refractivity contribution is 5.46. The van der Waals surface area contributed by atoms with Crippen molar-refractivity contribution in [2.45, 2.75) is 20.4 Å². The Bertz CT molecular complexity index is 560. The van der Waals surface area contributed by atoms with Crippen LogP contribution in [0.1, 0.15) is 16.8 Å². The molecule has 0 saturated carbocycles. The van der Waals surface area contributed by atoms with Gasteiger partial charge in [-0.25, -0.2) is 4.98 Å². The fraction of sp³-hybridized carbons (Fsp3) is 0.286. The molecule has 0 aliphatic carbocycles. The van der Waals surface area contributed by atoms with E-state index in [1.165, 1.54) is 0 Å². The number of hydrogen-bond acceptors (Lipinski definition) is 5. The van der Waals surface area contributed by atoms with Crippen LogP contribution in [0.25, 0.3) is 0 Å². The standard InChI is InChI=1S/C14H18N4O/c1-9-10(2)17-14(18-13(9)15)16-8-11-5-4-6-12(7-11)19-3/h4-7H,8H2,1-3H3,(H3,15,16,17,18). The third-order valence-corrected chi connectivity index (χ3v) is 3.01. The lowest BCUT2D eigenvalue weighted by molar-refractivity contribution is 0.414. The maximum absolute atomic E-state index is 5.82. The van der Waals surface area contributed by atoms with Crippen molar-refractivity contribution in [1.82, 2.24) is 9.97 Å². The van der Waals surface area contributed by atoms with Gasteiger partial charge in [0, 0.05) is 17.8 Å². The highest BCUT2D eigenvalue weighted by Crippen LogP contribution is 2.16. The molecule has 5 nitrogen and oxygen atoms in total. The van der Waals surface area contributed by atoms with Crippen LogP contribution in [-0.2, 0) is 6.54 Å². The SMILES string of the molecule is COc1cccc(CNc2nc(C)c(C)c(N)n2)c1. The highest BCUT2D eigenvalue weighted by Gasteiger charge is 2.05. The Morgan fingerprint density at radius 3 is 2.74 bits per heavy atom. The van der Waals surface area contributed by atoms with E-state index in [-0.39, 0.29) is 0 Å². The molecule has 0 unspecified atom stereocenters. The van der Waals surface area contributed by atoms with E-state index in [9.17, 15) is 0 Å². The number of nitrogens with two attached hydrogens (primary N) is 1. The third kappa shape index (κ3) is 3.13. The number of rotatable bonds is 4. The van der Waals surface area contributed by atoms with Crippen LogP contribution in [0.2, 0.25) is 0 Å². The summed E-state index contributed by atoms with van der Waals surface area (Å²) >= 11 is 0. The Kier molecular flexibility index (Phi) is 3.85. The molecule has 0 aliphatic heterocycles. The van der Waals surface area contributed by atoms with Crippen molar-refractivity contribution in [3.8, 4) is 5.75 Å². The van der Waals surface area contributed by atoms with Crippen LogP contribution < -0.4 is 15.8 Å². The molecule has 0 spiro atoms. The van der Waals surface area contributed by atoms with E-state index in [4.69, 9.17) is 10.5 Å². The molecule has 1 aromatic heterocycles. The first-order valence-electron chi connectivity index (χ1n) is 6.07. The van der Waals surface area contributed by atoms with E-state index < -0.39 is 0 Å². The fourth-order valence-electron chi connectivity index (χ4n) is 1.69. The van der Waals surface area contributed by atoms with E-state index in [0.717, 1.165) is 22.6 Å². The second kappa shape index (κ2) is 5.56. The minimum absolute atomic E-state index is 0.514. The van der Waals surface area contributed by atoms with Crippen molar-refractivity contribution < 1.29 is 4.74 Å². The van der Waals surface area contributed by atoms with Crippen LogP contribution >= 0.6 is 0 Å². The predicted octanol–water partition coefficient (Wildman–Crippen LogP) is 2.30. The lowest BCUT2D eigenvalue weighted by atomic mass is 10.2. The Morgan fingerprint density at radius 2 is 2.05 bits per heavy atom. The summed E-state index contributed by atoms with van der Waals surface area (Å²) in [6.07, 6.45) is 0. The number of nitrogens with zero attached hydrogens (tertiary/aromatic N) is 2. The minimum Gasteiger partial charge on any atom is -0.497 e. The summed E-state index contributed by atoms with van der Waals surface area (Å²) in [4.78, 5) is 8.57. The van der Waals surface area contributed by atoms with E-state index in [2.05, 4.69) is 15.3 Å². The zero-order valence-electron chi connectivity index (χ0n) is 11.4. The first-order valence-corrected chi connectivity index (χ1v) is 6.07. The number of ether oxygens (including phenoxy) is 1. The molecule has 5 heteroatoms. The average Bonchev–Trinajstić information content (AvgIpc) is 2.42. The number of benzene rings is 1. The monoisotopic (exact) mass is 258 g/mol. The average molecular weight is 258 g/mol. The molecule has 0 radical (unpaired) electrons. The molecule has 0 fully saturated rings. The number of methoxy groups -OCH3 is 1. The molecule has 0 saturated heterocycles. The summed E-state index contributed by atoms with van der Waals surface area (Å²) in [7, 11) is 1.65.